The summed E-state index contributed by atoms with van der Waals surface area (Å²) in [5, 5.41) is 12.1. The van der Waals surface area contributed by atoms with E-state index in [4.69, 9.17) is 4.74 Å². The van der Waals surface area contributed by atoms with E-state index in [0.29, 0.717) is 18.7 Å². The second-order valence-corrected chi connectivity index (χ2v) is 4.27. The molecule has 1 atom stereocenters. The van der Waals surface area contributed by atoms with Gasteiger partial charge in [0.15, 0.2) is 0 Å². The van der Waals surface area contributed by atoms with E-state index < -0.39 is 0 Å². The van der Waals surface area contributed by atoms with Crippen LogP contribution in [0, 0.1) is 12.8 Å². The number of phenolic OH excluding ortho intramolecular Hbond substituents is 1. The lowest BCUT2D eigenvalue weighted by atomic mass is 10.1. The van der Waals surface area contributed by atoms with Gasteiger partial charge in [-0.15, -0.1) is 0 Å². The normalized spacial score (nSPS) is 12.2. The average Bonchev–Trinajstić information content (AvgIpc) is 2.26. The van der Waals surface area contributed by atoms with Gasteiger partial charge in [-0.1, -0.05) is 6.92 Å². The summed E-state index contributed by atoms with van der Waals surface area (Å²) in [4.78, 5) is 11.9. The number of benzene rings is 1. The summed E-state index contributed by atoms with van der Waals surface area (Å²) in [5.41, 5.74) is 1.36. The molecule has 17 heavy (non-hydrogen) atoms. The fourth-order valence-corrected chi connectivity index (χ4v) is 1.61. The van der Waals surface area contributed by atoms with Gasteiger partial charge in [-0.05, 0) is 36.6 Å². The third-order valence-corrected chi connectivity index (χ3v) is 2.52. The van der Waals surface area contributed by atoms with Crippen molar-refractivity contribution < 1.29 is 14.6 Å². The molecule has 0 bridgehead atoms. The van der Waals surface area contributed by atoms with Crippen LogP contribution in [-0.2, 0) is 4.74 Å². The first-order chi connectivity index (χ1) is 8.04. The molecule has 0 saturated heterocycles. The zero-order chi connectivity index (χ0) is 12.8. The number of ether oxygens (including phenoxy) is 1. The lowest BCUT2D eigenvalue weighted by Gasteiger charge is -2.12. The van der Waals surface area contributed by atoms with Gasteiger partial charge >= 0.3 is 0 Å². The Hall–Kier alpha value is -1.55. The van der Waals surface area contributed by atoms with Crippen molar-refractivity contribution in [2.75, 3.05) is 20.3 Å². The average molecular weight is 237 g/mol. The lowest BCUT2D eigenvalue weighted by molar-refractivity contribution is 0.0933. The molecule has 1 unspecified atom stereocenters. The molecule has 4 nitrogen and oxygen atoms in total. The molecule has 0 fully saturated rings. The van der Waals surface area contributed by atoms with E-state index in [-0.39, 0.29) is 17.6 Å². The van der Waals surface area contributed by atoms with Crippen LogP contribution in [0.4, 0.5) is 0 Å². The highest BCUT2D eigenvalue weighted by Gasteiger charge is 2.10. The molecule has 0 aliphatic carbocycles. The van der Waals surface area contributed by atoms with Crippen molar-refractivity contribution in [3.8, 4) is 5.75 Å². The maximum atomic E-state index is 11.9. The van der Waals surface area contributed by atoms with Crippen LogP contribution in [0.2, 0.25) is 0 Å². The highest BCUT2D eigenvalue weighted by atomic mass is 16.5. The van der Waals surface area contributed by atoms with Crippen LogP contribution in [0.25, 0.3) is 0 Å². The third kappa shape index (κ3) is 4.07. The molecule has 1 aromatic carbocycles. The Bertz CT molecular complexity index is 390. The molecule has 2 N–H and O–H groups in total. The summed E-state index contributed by atoms with van der Waals surface area (Å²) in [6.45, 7) is 5.00. The Kier molecular flexibility index (Phi) is 4.97. The van der Waals surface area contributed by atoms with E-state index >= 15 is 0 Å². The summed E-state index contributed by atoms with van der Waals surface area (Å²) in [7, 11) is 1.64. The van der Waals surface area contributed by atoms with E-state index in [1.165, 1.54) is 6.07 Å². The fourth-order valence-electron chi connectivity index (χ4n) is 1.61. The van der Waals surface area contributed by atoms with Gasteiger partial charge in [-0.3, -0.25) is 4.79 Å². The van der Waals surface area contributed by atoms with Gasteiger partial charge < -0.3 is 15.2 Å². The monoisotopic (exact) mass is 237 g/mol. The number of phenols is 1. The predicted molar refractivity (Wildman–Crippen MR) is 66.2 cm³/mol. The number of methoxy groups -OCH3 is 1. The van der Waals surface area contributed by atoms with E-state index in [1.54, 1.807) is 26.2 Å². The molecule has 1 amide bonds. The highest BCUT2D eigenvalue weighted by molar-refractivity contribution is 5.95. The smallest absolute Gasteiger partial charge is 0.251 e. The van der Waals surface area contributed by atoms with Gasteiger partial charge in [0.25, 0.3) is 5.91 Å². The zero-order valence-electron chi connectivity index (χ0n) is 10.5. The van der Waals surface area contributed by atoms with Crippen LogP contribution >= 0.6 is 0 Å². The topological polar surface area (TPSA) is 58.6 Å². The van der Waals surface area contributed by atoms with Crippen LogP contribution in [0.5, 0.6) is 5.75 Å². The molecule has 94 valence electrons. The molecule has 4 heteroatoms. The standard InChI is InChI=1S/C13H19NO3/c1-9(8-17-3)7-14-13(16)12-5-4-11(15)6-10(12)2/h4-6,9,15H,7-8H2,1-3H3,(H,14,16). The van der Waals surface area contributed by atoms with Crippen molar-refractivity contribution >= 4 is 5.91 Å². The molecule has 0 heterocycles. The van der Waals surface area contributed by atoms with Crippen LogP contribution in [0.3, 0.4) is 0 Å². The van der Waals surface area contributed by atoms with E-state index in [2.05, 4.69) is 5.32 Å². The molecule has 0 aliphatic rings. The van der Waals surface area contributed by atoms with Crippen molar-refractivity contribution in [3.63, 3.8) is 0 Å². The van der Waals surface area contributed by atoms with Crippen LogP contribution in [0.1, 0.15) is 22.8 Å². The van der Waals surface area contributed by atoms with Crippen molar-refractivity contribution in [3.05, 3.63) is 29.3 Å². The van der Waals surface area contributed by atoms with Gasteiger partial charge in [-0.25, -0.2) is 0 Å². The minimum Gasteiger partial charge on any atom is -0.508 e. The predicted octanol–water partition coefficient (Wildman–Crippen LogP) is 1.71. The quantitative estimate of drug-likeness (QED) is 0.819. The number of aryl methyl sites for hydroxylation is 1. The molecule has 0 radical (unpaired) electrons. The molecule has 1 rings (SSSR count). The number of nitrogens with one attached hydrogen (secondary N) is 1. The van der Waals surface area contributed by atoms with E-state index in [0.717, 1.165) is 5.56 Å². The number of amides is 1. The van der Waals surface area contributed by atoms with Crippen molar-refractivity contribution in [2.45, 2.75) is 13.8 Å². The maximum absolute atomic E-state index is 11.9. The molecule has 0 aliphatic heterocycles. The number of aromatic hydroxyl groups is 1. The molecular weight excluding hydrogens is 218 g/mol. The number of carbonyl (C=O) groups excluding carboxylic acids is 1. The summed E-state index contributed by atoms with van der Waals surface area (Å²) >= 11 is 0. The van der Waals surface area contributed by atoms with Crippen LogP contribution in [-0.4, -0.2) is 31.3 Å². The largest absolute Gasteiger partial charge is 0.508 e. The SMILES string of the molecule is COCC(C)CNC(=O)c1ccc(O)cc1C. The number of hydrogen-bond acceptors (Lipinski definition) is 3. The van der Waals surface area contributed by atoms with Gasteiger partial charge in [0.2, 0.25) is 0 Å². The fraction of sp³-hybridized carbons (Fsp3) is 0.462. The van der Waals surface area contributed by atoms with Gasteiger partial charge in [0.1, 0.15) is 5.75 Å². The Morgan fingerprint density at radius 3 is 2.82 bits per heavy atom. The van der Waals surface area contributed by atoms with Gasteiger partial charge in [-0.2, -0.15) is 0 Å². The minimum atomic E-state index is -0.120. The first-order valence-electron chi connectivity index (χ1n) is 5.61. The minimum absolute atomic E-state index is 0.120. The van der Waals surface area contributed by atoms with E-state index in [1.807, 2.05) is 6.92 Å². The second-order valence-electron chi connectivity index (χ2n) is 4.27. The number of hydrogen-bond donors (Lipinski definition) is 2. The Morgan fingerprint density at radius 1 is 1.53 bits per heavy atom. The number of carbonyl (C=O) groups is 1. The summed E-state index contributed by atoms with van der Waals surface area (Å²) in [5.74, 6) is 0.332. The van der Waals surface area contributed by atoms with E-state index in [9.17, 15) is 9.90 Å². The molecule has 1 aromatic rings. The molecule has 0 aromatic heterocycles. The summed E-state index contributed by atoms with van der Waals surface area (Å²) in [6.07, 6.45) is 0. The van der Waals surface area contributed by atoms with Crippen molar-refractivity contribution in [1.29, 1.82) is 0 Å². The summed E-state index contributed by atoms with van der Waals surface area (Å²) in [6, 6.07) is 4.72. The van der Waals surface area contributed by atoms with Crippen LogP contribution in [0.15, 0.2) is 18.2 Å². The summed E-state index contributed by atoms with van der Waals surface area (Å²) < 4.78 is 5.00. The number of rotatable bonds is 5. The third-order valence-electron chi connectivity index (χ3n) is 2.52. The van der Waals surface area contributed by atoms with Gasteiger partial charge in [0.05, 0.1) is 6.61 Å². The Balaban J connectivity index is 2.58. The second kappa shape index (κ2) is 6.25. The maximum Gasteiger partial charge on any atom is 0.251 e. The lowest BCUT2D eigenvalue weighted by Crippen LogP contribution is -2.30. The molecule has 0 spiro atoms. The zero-order valence-corrected chi connectivity index (χ0v) is 10.5. The van der Waals surface area contributed by atoms with Gasteiger partial charge in [0, 0.05) is 19.2 Å². The molecular formula is C13H19NO3. The molecule has 0 saturated carbocycles. The van der Waals surface area contributed by atoms with Crippen LogP contribution < -0.4 is 5.32 Å². The Morgan fingerprint density at radius 2 is 2.24 bits per heavy atom. The Labute approximate surface area is 102 Å². The van der Waals surface area contributed by atoms with Crippen molar-refractivity contribution in [2.24, 2.45) is 5.92 Å². The highest BCUT2D eigenvalue weighted by Crippen LogP contribution is 2.15. The first-order valence-corrected chi connectivity index (χ1v) is 5.61. The first kappa shape index (κ1) is 13.5. The van der Waals surface area contributed by atoms with Crippen molar-refractivity contribution in [1.82, 2.24) is 5.32 Å².